The molecule has 0 saturated carbocycles. The van der Waals surface area contributed by atoms with E-state index in [4.69, 9.17) is 0 Å². The van der Waals surface area contributed by atoms with E-state index >= 15 is 0 Å². The van der Waals surface area contributed by atoms with Gasteiger partial charge in [-0.15, -0.1) is 0 Å². The predicted octanol–water partition coefficient (Wildman–Crippen LogP) is 0.510. The molecule has 0 spiro atoms. The average Bonchev–Trinajstić information content (AvgIpc) is 2.81. The molecule has 0 unspecified atom stereocenters. The summed E-state index contributed by atoms with van der Waals surface area (Å²) in [6.07, 6.45) is 1.69. The van der Waals surface area contributed by atoms with Crippen LogP contribution in [0.2, 0.25) is 0 Å². The van der Waals surface area contributed by atoms with Crippen LogP contribution in [0.1, 0.15) is 38.1 Å². The third-order valence-electron chi connectivity index (χ3n) is 3.89. The summed E-state index contributed by atoms with van der Waals surface area (Å²) in [5, 5.41) is 8.82. The Morgan fingerprint density at radius 3 is 2.43 bits per heavy atom. The molecular weight excluding hydrogens is 290 g/mol. The summed E-state index contributed by atoms with van der Waals surface area (Å²) in [4.78, 5) is 4.03. The zero-order valence-corrected chi connectivity index (χ0v) is 13.9. The van der Waals surface area contributed by atoms with Gasteiger partial charge in [0, 0.05) is 25.7 Å². The molecule has 0 amide bonds. The van der Waals surface area contributed by atoms with E-state index in [0.717, 1.165) is 50.4 Å². The highest BCUT2D eigenvalue weighted by Gasteiger charge is 2.23. The van der Waals surface area contributed by atoms with Gasteiger partial charge in [-0.3, -0.25) is 4.90 Å². The Hall–Kier alpha value is -0.990. The molecule has 0 aromatic carbocycles. The number of piperidine rings is 1. The summed E-state index contributed by atoms with van der Waals surface area (Å²) in [6.45, 7) is 9.01. The van der Waals surface area contributed by atoms with Gasteiger partial charge in [-0.2, -0.15) is 15.0 Å². The number of aromatic nitrogens is 3. The van der Waals surface area contributed by atoms with Crippen LogP contribution < -0.4 is 4.72 Å². The first-order chi connectivity index (χ1) is 9.93. The number of hydrogen-bond donors (Lipinski definition) is 1. The van der Waals surface area contributed by atoms with Crippen LogP contribution in [0.4, 0.5) is 0 Å². The van der Waals surface area contributed by atoms with Gasteiger partial charge in [0.25, 0.3) is 0 Å². The minimum atomic E-state index is -3.10. The molecule has 120 valence electrons. The van der Waals surface area contributed by atoms with E-state index in [1.807, 2.05) is 13.8 Å². The summed E-state index contributed by atoms with van der Waals surface area (Å²) in [7, 11) is -3.10. The van der Waals surface area contributed by atoms with Gasteiger partial charge in [0.05, 0.1) is 23.7 Å². The first-order valence-corrected chi connectivity index (χ1v) is 9.21. The van der Waals surface area contributed by atoms with E-state index in [-0.39, 0.29) is 11.8 Å². The van der Waals surface area contributed by atoms with Crippen LogP contribution >= 0.6 is 0 Å². The maximum Gasteiger partial charge on any atom is 0.211 e. The highest BCUT2D eigenvalue weighted by atomic mass is 32.2. The maximum atomic E-state index is 11.6. The van der Waals surface area contributed by atoms with Crippen molar-refractivity contribution in [3.63, 3.8) is 0 Å². The molecule has 0 bridgehead atoms. The number of rotatable bonds is 6. The lowest BCUT2D eigenvalue weighted by Gasteiger charge is -2.31. The highest BCUT2D eigenvalue weighted by Crippen LogP contribution is 2.15. The minimum absolute atomic E-state index is 0.0682. The van der Waals surface area contributed by atoms with Crippen molar-refractivity contribution in [2.75, 3.05) is 18.8 Å². The largest absolute Gasteiger partial charge is 0.297 e. The molecule has 1 N–H and O–H groups in total. The Labute approximate surface area is 126 Å². The molecule has 0 atom stereocenters. The first-order valence-electron chi connectivity index (χ1n) is 7.56. The molecule has 8 heteroatoms. The quantitative estimate of drug-likeness (QED) is 0.827. The average molecular weight is 315 g/mol. The van der Waals surface area contributed by atoms with Gasteiger partial charge >= 0.3 is 0 Å². The fourth-order valence-electron chi connectivity index (χ4n) is 2.51. The highest BCUT2D eigenvalue weighted by molar-refractivity contribution is 7.89. The number of aryl methyl sites for hydroxylation is 2. The van der Waals surface area contributed by atoms with Gasteiger partial charge in [-0.1, -0.05) is 0 Å². The van der Waals surface area contributed by atoms with E-state index < -0.39 is 10.0 Å². The number of likely N-dealkylation sites (tertiary alicyclic amines) is 1. The summed E-state index contributed by atoms with van der Waals surface area (Å²) in [5.74, 6) is 0.145. The van der Waals surface area contributed by atoms with Crippen LogP contribution in [0.3, 0.4) is 0 Å². The summed E-state index contributed by atoms with van der Waals surface area (Å²) < 4.78 is 25.9. The lowest BCUT2D eigenvalue weighted by molar-refractivity contribution is 0.197. The molecule has 1 aromatic heterocycles. The Balaban J connectivity index is 1.85. The van der Waals surface area contributed by atoms with Gasteiger partial charge < -0.3 is 0 Å². The Bertz CT molecular complexity index is 561. The van der Waals surface area contributed by atoms with E-state index in [1.54, 1.807) is 11.7 Å². The number of nitrogens with one attached hydrogen (secondary N) is 1. The van der Waals surface area contributed by atoms with Crippen molar-refractivity contribution in [1.29, 1.82) is 0 Å². The van der Waals surface area contributed by atoms with Crippen LogP contribution in [0.15, 0.2) is 0 Å². The van der Waals surface area contributed by atoms with Gasteiger partial charge in [-0.25, -0.2) is 13.1 Å². The monoisotopic (exact) mass is 315 g/mol. The van der Waals surface area contributed by atoms with Crippen molar-refractivity contribution in [2.45, 2.75) is 52.7 Å². The van der Waals surface area contributed by atoms with Crippen molar-refractivity contribution in [1.82, 2.24) is 24.6 Å². The molecule has 2 rings (SSSR count). The zero-order chi connectivity index (χ0) is 15.5. The summed E-state index contributed by atoms with van der Waals surface area (Å²) in [6, 6.07) is 0.0682. The van der Waals surface area contributed by atoms with Crippen molar-refractivity contribution in [3.05, 3.63) is 11.4 Å². The standard InChI is InChI=1S/C13H25N5O2S/c1-4-18-14-11(3)13(15-18)10-17-8-6-12(7-9-17)16-21(19,20)5-2/h12,16H,4-10H2,1-3H3. The molecule has 1 aromatic rings. The number of hydrogen-bond acceptors (Lipinski definition) is 5. The molecule has 2 heterocycles. The van der Waals surface area contributed by atoms with Crippen LogP contribution in [0, 0.1) is 6.92 Å². The van der Waals surface area contributed by atoms with E-state index in [0.29, 0.717) is 0 Å². The number of nitrogens with zero attached hydrogens (tertiary/aromatic N) is 4. The Morgan fingerprint density at radius 1 is 1.24 bits per heavy atom. The van der Waals surface area contributed by atoms with Gasteiger partial charge in [0.1, 0.15) is 0 Å². The normalized spacial score (nSPS) is 18.2. The van der Waals surface area contributed by atoms with E-state index in [1.165, 1.54) is 0 Å². The van der Waals surface area contributed by atoms with E-state index in [2.05, 4.69) is 19.8 Å². The molecular formula is C13H25N5O2S. The molecule has 21 heavy (non-hydrogen) atoms. The number of sulfonamides is 1. The lowest BCUT2D eigenvalue weighted by Crippen LogP contribution is -2.44. The molecule has 1 fully saturated rings. The van der Waals surface area contributed by atoms with E-state index in [9.17, 15) is 8.42 Å². The van der Waals surface area contributed by atoms with Crippen molar-refractivity contribution in [2.24, 2.45) is 0 Å². The van der Waals surface area contributed by atoms with Gasteiger partial charge in [-0.05, 0) is 33.6 Å². The molecule has 0 aliphatic carbocycles. The summed E-state index contributed by atoms with van der Waals surface area (Å²) >= 11 is 0. The third kappa shape index (κ3) is 4.49. The maximum absolute atomic E-state index is 11.6. The van der Waals surface area contributed by atoms with Crippen LogP contribution in [0.25, 0.3) is 0 Å². The predicted molar refractivity (Wildman–Crippen MR) is 81.3 cm³/mol. The molecule has 7 nitrogen and oxygen atoms in total. The molecule has 1 aliphatic heterocycles. The second-order valence-electron chi connectivity index (χ2n) is 5.49. The van der Waals surface area contributed by atoms with Crippen LogP contribution in [-0.4, -0.2) is 53.2 Å². The minimum Gasteiger partial charge on any atom is -0.297 e. The fourth-order valence-corrected chi connectivity index (χ4v) is 3.42. The smallest absolute Gasteiger partial charge is 0.211 e. The van der Waals surface area contributed by atoms with Crippen LogP contribution in [-0.2, 0) is 23.1 Å². The fraction of sp³-hybridized carbons (Fsp3) is 0.846. The van der Waals surface area contributed by atoms with Crippen molar-refractivity contribution < 1.29 is 8.42 Å². The molecule has 0 radical (unpaired) electrons. The second kappa shape index (κ2) is 6.85. The summed E-state index contributed by atoms with van der Waals surface area (Å²) in [5.41, 5.74) is 2.00. The van der Waals surface area contributed by atoms with Crippen LogP contribution in [0.5, 0.6) is 0 Å². The topological polar surface area (TPSA) is 80.1 Å². The lowest BCUT2D eigenvalue weighted by atomic mass is 10.1. The third-order valence-corrected chi connectivity index (χ3v) is 5.34. The van der Waals surface area contributed by atoms with Crippen molar-refractivity contribution >= 4 is 10.0 Å². The Kier molecular flexibility index (Phi) is 5.34. The van der Waals surface area contributed by atoms with Gasteiger partial charge in [0.15, 0.2) is 0 Å². The molecule has 1 saturated heterocycles. The SMILES string of the molecule is CCn1nc(C)c(CN2CCC(NS(=O)(=O)CC)CC2)n1. The zero-order valence-electron chi connectivity index (χ0n) is 13.0. The first kappa shape index (κ1) is 16.4. The molecule has 1 aliphatic rings. The second-order valence-corrected chi connectivity index (χ2v) is 7.53. The van der Waals surface area contributed by atoms with Gasteiger partial charge in [0.2, 0.25) is 10.0 Å². The van der Waals surface area contributed by atoms with Crippen molar-refractivity contribution in [3.8, 4) is 0 Å². The Morgan fingerprint density at radius 2 is 1.90 bits per heavy atom.